The summed E-state index contributed by atoms with van der Waals surface area (Å²) >= 11 is 0. The Morgan fingerprint density at radius 2 is 1.78 bits per heavy atom. The van der Waals surface area contributed by atoms with E-state index in [1.54, 1.807) is 24.3 Å². The third-order valence-electron chi connectivity index (χ3n) is 3.00. The number of anilines is 1. The maximum Gasteiger partial charge on any atom is 0.387 e. The molecule has 0 aliphatic heterocycles. The summed E-state index contributed by atoms with van der Waals surface area (Å²) in [6.45, 7) is -3.02. The van der Waals surface area contributed by atoms with Crippen molar-refractivity contribution in [2.45, 2.75) is 6.61 Å². The number of rotatable bonds is 6. The van der Waals surface area contributed by atoms with Crippen molar-refractivity contribution in [3.8, 4) is 17.2 Å². The first kappa shape index (κ1) is 16.5. The molecule has 0 heterocycles. The summed E-state index contributed by atoms with van der Waals surface area (Å²) in [7, 11) is 2.94. The smallest absolute Gasteiger partial charge is 0.387 e. The SMILES string of the molecule is COc1ccc(OC)c(NC(=O)c2ccccc2OC(F)F)c1. The summed E-state index contributed by atoms with van der Waals surface area (Å²) in [4.78, 5) is 12.4. The maximum absolute atomic E-state index is 12.4. The number of para-hydroxylation sites is 1. The number of carbonyl (C=O) groups excluding carboxylic acids is 1. The van der Waals surface area contributed by atoms with Gasteiger partial charge in [0, 0.05) is 6.07 Å². The van der Waals surface area contributed by atoms with Gasteiger partial charge in [0.15, 0.2) is 0 Å². The Kier molecular flexibility index (Phi) is 5.35. The van der Waals surface area contributed by atoms with Crippen LogP contribution in [0.4, 0.5) is 14.5 Å². The molecule has 0 aliphatic rings. The molecule has 0 aliphatic carbocycles. The normalized spacial score (nSPS) is 10.3. The van der Waals surface area contributed by atoms with Gasteiger partial charge in [-0.2, -0.15) is 8.78 Å². The van der Waals surface area contributed by atoms with Crippen molar-refractivity contribution in [2.24, 2.45) is 0 Å². The number of methoxy groups -OCH3 is 2. The van der Waals surface area contributed by atoms with Crippen LogP contribution in [0, 0.1) is 0 Å². The van der Waals surface area contributed by atoms with Crippen LogP contribution in [0.3, 0.4) is 0 Å². The van der Waals surface area contributed by atoms with Crippen molar-refractivity contribution in [3.63, 3.8) is 0 Å². The van der Waals surface area contributed by atoms with Crippen molar-refractivity contribution < 1.29 is 27.8 Å². The molecule has 7 heteroatoms. The van der Waals surface area contributed by atoms with Crippen molar-refractivity contribution >= 4 is 11.6 Å². The number of amides is 1. The average molecular weight is 323 g/mol. The lowest BCUT2D eigenvalue weighted by molar-refractivity contribution is -0.0501. The molecule has 0 fully saturated rings. The number of hydrogen-bond donors (Lipinski definition) is 1. The van der Waals surface area contributed by atoms with Crippen LogP contribution in [0.15, 0.2) is 42.5 Å². The summed E-state index contributed by atoms with van der Waals surface area (Å²) in [5, 5.41) is 2.60. The molecule has 0 aromatic heterocycles. The van der Waals surface area contributed by atoms with E-state index in [1.807, 2.05) is 0 Å². The molecule has 5 nitrogen and oxygen atoms in total. The van der Waals surface area contributed by atoms with Gasteiger partial charge in [0.1, 0.15) is 17.2 Å². The second-order valence-electron chi connectivity index (χ2n) is 4.40. The van der Waals surface area contributed by atoms with E-state index in [0.29, 0.717) is 17.2 Å². The fraction of sp³-hybridized carbons (Fsp3) is 0.188. The van der Waals surface area contributed by atoms with Crippen molar-refractivity contribution in [1.29, 1.82) is 0 Å². The average Bonchev–Trinajstić information content (AvgIpc) is 2.54. The van der Waals surface area contributed by atoms with Gasteiger partial charge in [0.25, 0.3) is 5.91 Å². The molecule has 23 heavy (non-hydrogen) atoms. The van der Waals surface area contributed by atoms with Crippen LogP contribution in [0.5, 0.6) is 17.2 Å². The van der Waals surface area contributed by atoms with Gasteiger partial charge in [-0.05, 0) is 24.3 Å². The minimum Gasteiger partial charge on any atom is -0.497 e. The molecule has 0 spiro atoms. The second-order valence-corrected chi connectivity index (χ2v) is 4.40. The standard InChI is InChI=1S/C16H15F2NO4/c1-21-10-7-8-14(22-2)12(9-10)19-15(20)11-5-3-4-6-13(11)23-16(17)18/h3-9,16H,1-2H3,(H,19,20). The highest BCUT2D eigenvalue weighted by molar-refractivity contribution is 6.07. The third kappa shape index (κ3) is 4.09. The maximum atomic E-state index is 12.4. The molecular formula is C16H15F2NO4. The zero-order valence-corrected chi connectivity index (χ0v) is 12.5. The molecular weight excluding hydrogens is 308 g/mol. The van der Waals surface area contributed by atoms with Gasteiger partial charge in [0.05, 0.1) is 25.5 Å². The Morgan fingerprint density at radius 3 is 2.43 bits per heavy atom. The van der Waals surface area contributed by atoms with Crippen LogP contribution in [0.2, 0.25) is 0 Å². The van der Waals surface area contributed by atoms with E-state index >= 15 is 0 Å². The predicted molar refractivity (Wildman–Crippen MR) is 80.6 cm³/mol. The van der Waals surface area contributed by atoms with Gasteiger partial charge in [-0.25, -0.2) is 0 Å². The number of nitrogens with one attached hydrogen (secondary N) is 1. The van der Waals surface area contributed by atoms with Crippen LogP contribution >= 0.6 is 0 Å². The van der Waals surface area contributed by atoms with Gasteiger partial charge < -0.3 is 19.5 Å². The molecule has 0 unspecified atom stereocenters. The van der Waals surface area contributed by atoms with Crippen LogP contribution in [-0.4, -0.2) is 26.7 Å². The van der Waals surface area contributed by atoms with E-state index in [1.165, 1.54) is 32.4 Å². The summed E-state index contributed by atoms with van der Waals surface area (Å²) < 4.78 is 39.4. The highest BCUT2D eigenvalue weighted by atomic mass is 19.3. The highest BCUT2D eigenvalue weighted by Crippen LogP contribution is 2.30. The summed E-state index contributed by atoms with van der Waals surface area (Å²) in [6.07, 6.45) is 0. The molecule has 0 saturated carbocycles. The molecule has 0 saturated heterocycles. The molecule has 2 aromatic carbocycles. The monoisotopic (exact) mass is 323 g/mol. The first-order chi connectivity index (χ1) is 11.0. The van der Waals surface area contributed by atoms with E-state index in [-0.39, 0.29) is 11.3 Å². The Hall–Kier alpha value is -2.83. The fourth-order valence-electron chi connectivity index (χ4n) is 1.95. The van der Waals surface area contributed by atoms with Crippen LogP contribution in [0.1, 0.15) is 10.4 Å². The van der Waals surface area contributed by atoms with E-state index in [2.05, 4.69) is 10.1 Å². The minimum absolute atomic E-state index is 0.0160. The molecule has 0 radical (unpaired) electrons. The van der Waals surface area contributed by atoms with E-state index < -0.39 is 12.5 Å². The van der Waals surface area contributed by atoms with Crippen LogP contribution < -0.4 is 19.5 Å². The lowest BCUT2D eigenvalue weighted by atomic mass is 10.1. The first-order valence-corrected chi connectivity index (χ1v) is 6.62. The number of benzene rings is 2. The fourth-order valence-corrected chi connectivity index (χ4v) is 1.95. The minimum atomic E-state index is -3.02. The number of ether oxygens (including phenoxy) is 3. The van der Waals surface area contributed by atoms with Gasteiger partial charge in [-0.15, -0.1) is 0 Å². The van der Waals surface area contributed by atoms with Gasteiger partial charge >= 0.3 is 6.61 Å². The third-order valence-corrected chi connectivity index (χ3v) is 3.00. The summed E-state index contributed by atoms with van der Waals surface area (Å²) in [5.41, 5.74) is 0.335. The molecule has 1 amide bonds. The number of alkyl halides is 2. The molecule has 2 aromatic rings. The Morgan fingerprint density at radius 1 is 1.04 bits per heavy atom. The molecule has 2 rings (SSSR count). The Balaban J connectivity index is 2.29. The van der Waals surface area contributed by atoms with E-state index in [4.69, 9.17) is 9.47 Å². The first-order valence-electron chi connectivity index (χ1n) is 6.62. The zero-order valence-electron chi connectivity index (χ0n) is 12.5. The largest absolute Gasteiger partial charge is 0.497 e. The molecule has 122 valence electrons. The lowest BCUT2D eigenvalue weighted by Crippen LogP contribution is -2.15. The van der Waals surface area contributed by atoms with Crippen LogP contribution in [-0.2, 0) is 0 Å². The number of hydrogen-bond acceptors (Lipinski definition) is 4. The van der Waals surface area contributed by atoms with Crippen molar-refractivity contribution in [3.05, 3.63) is 48.0 Å². The Bertz CT molecular complexity index is 692. The lowest BCUT2D eigenvalue weighted by Gasteiger charge is -2.13. The topological polar surface area (TPSA) is 56.8 Å². The second kappa shape index (κ2) is 7.44. The zero-order chi connectivity index (χ0) is 16.8. The van der Waals surface area contributed by atoms with Crippen molar-refractivity contribution in [2.75, 3.05) is 19.5 Å². The predicted octanol–water partition coefficient (Wildman–Crippen LogP) is 3.56. The van der Waals surface area contributed by atoms with Gasteiger partial charge in [0.2, 0.25) is 0 Å². The summed E-state index contributed by atoms with van der Waals surface area (Å²) in [5.74, 6) is 0.110. The summed E-state index contributed by atoms with van der Waals surface area (Å²) in [6, 6.07) is 10.6. The van der Waals surface area contributed by atoms with Crippen molar-refractivity contribution in [1.82, 2.24) is 0 Å². The quantitative estimate of drug-likeness (QED) is 0.883. The number of halogens is 2. The van der Waals surface area contributed by atoms with E-state index in [0.717, 1.165) is 0 Å². The van der Waals surface area contributed by atoms with Gasteiger partial charge in [-0.1, -0.05) is 12.1 Å². The molecule has 1 N–H and O–H groups in total. The highest BCUT2D eigenvalue weighted by Gasteiger charge is 2.17. The molecule has 0 bridgehead atoms. The van der Waals surface area contributed by atoms with Gasteiger partial charge in [-0.3, -0.25) is 4.79 Å². The van der Waals surface area contributed by atoms with Crippen LogP contribution in [0.25, 0.3) is 0 Å². The molecule has 0 atom stereocenters. The number of carbonyl (C=O) groups is 1. The Labute approximate surface area is 131 Å². The van der Waals surface area contributed by atoms with E-state index in [9.17, 15) is 13.6 Å².